The van der Waals surface area contributed by atoms with Crippen LogP contribution in [0.3, 0.4) is 0 Å². The highest BCUT2D eigenvalue weighted by Gasteiger charge is 2.20. The van der Waals surface area contributed by atoms with E-state index in [0.717, 1.165) is 10.4 Å². The van der Waals surface area contributed by atoms with Crippen LogP contribution in [0, 0.1) is 0 Å². The lowest BCUT2D eigenvalue weighted by Gasteiger charge is -2.01. The highest BCUT2D eigenvalue weighted by Crippen LogP contribution is 2.35. The fourth-order valence-electron chi connectivity index (χ4n) is 1.96. The average Bonchev–Trinajstić information content (AvgIpc) is 3.36. The third-order valence-corrected chi connectivity index (χ3v) is 4.89. The van der Waals surface area contributed by atoms with Gasteiger partial charge < -0.3 is 8.83 Å². The summed E-state index contributed by atoms with van der Waals surface area (Å²) < 4.78 is 11.4. The van der Waals surface area contributed by atoms with Gasteiger partial charge in [-0.15, -0.1) is 31.7 Å². The second-order valence-corrected chi connectivity index (χ2v) is 7.04. The fraction of sp³-hybridized carbons (Fsp3) is 0.133. The first-order valence-electron chi connectivity index (χ1n) is 7.07. The molecule has 0 amide bonds. The van der Waals surface area contributed by atoms with Gasteiger partial charge in [0.25, 0.3) is 11.1 Å². The number of pyridine rings is 1. The van der Waals surface area contributed by atoms with E-state index in [1.807, 2.05) is 36.6 Å². The molecular weight excluding hydrogens is 346 g/mol. The second kappa shape index (κ2) is 6.54. The minimum absolute atomic E-state index is 0.103. The molecular formula is C15H11N5O2S2. The molecule has 1 atom stereocenters. The molecule has 1 unspecified atom stereocenters. The Labute approximate surface area is 145 Å². The van der Waals surface area contributed by atoms with Crippen LogP contribution in [0.15, 0.2) is 56.1 Å². The molecule has 0 saturated carbocycles. The van der Waals surface area contributed by atoms with E-state index in [4.69, 9.17) is 8.83 Å². The van der Waals surface area contributed by atoms with Gasteiger partial charge in [-0.3, -0.25) is 4.98 Å². The van der Waals surface area contributed by atoms with Crippen LogP contribution in [-0.4, -0.2) is 25.4 Å². The molecule has 0 aliphatic rings. The number of thiophene rings is 1. The first-order chi connectivity index (χ1) is 11.8. The summed E-state index contributed by atoms with van der Waals surface area (Å²) >= 11 is 2.93. The topological polar surface area (TPSA) is 90.7 Å². The number of thioether (sulfide) groups is 1. The Morgan fingerprint density at radius 2 is 1.96 bits per heavy atom. The van der Waals surface area contributed by atoms with Crippen LogP contribution in [-0.2, 0) is 0 Å². The molecule has 4 heterocycles. The molecule has 4 rings (SSSR count). The molecule has 0 saturated heterocycles. The molecule has 0 N–H and O–H groups in total. The van der Waals surface area contributed by atoms with Gasteiger partial charge in [0.2, 0.25) is 11.8 Å². The number of aromatic nitrogens is 5. The van der Waals surface area contributed by atoms with E-state index in [-0.39, 0.29) is 5.25 Å². The summed E-state index contributed by atoms with van der Waals surface area (Å²) in [7, 11) is 0. The summed E-state index contributed by atoms with van der Waals surface area (Å²) in [6.45, 7) is 1.95. The summed E-state index contributed by atoms with van der Waals surface area (Å²) in [6, 6.07) is 7.57. The Kier molecular flexibility index (Phi) is 4.09. The number of hydrogen-bond acceptors (Lipinski definition) is 9. The maximum atomic E-state index is 5.72. The van der Waals surface area contributed by atoms with Gasteiger partial charge in [-0.1, -0.05) is 17.8 Å². The molecule has 7 nitrogen and oxygen atoms in total. The lowest BCUT2D eigenvalue weighted by atomic mass is 10.3. The van der Waals surface area contributed by atoms with Gasteiger partial charge in [0.1, 0.15) is 0 Å². The van der Waals surface area contributed by atoms with Crippen molar-refractivity contribution in [3.05, 3.63) is 47.9 Å². The zero-order valence-corrected chi connectivity index (χ0v) is 14.1. The average molecular weight is 357 g/mol. The number of hydrogen-bond donors (Lipinski definition) is 0. The summed E-state index contributed by atoms with van der Waals surface area (Å²) in [4.78, 5) is 4.99. The van der Waals surface area contributed by atoms with E-state index in [9.17, 15) is 0 Å². The maximum absolute atomic E-state index is 5.72. The lowest BCUT2D eigenvalue weighted by Crippen LogP contribution is -1.88. The van der Waals surface area contributed by atoms with Crippen molar-refractivity contribution in [2.24, 2.45) is 0 Å². The van der Waals surface area contributed by atoms with Crippen LogP contribution < -0.4 is 0 Å². The third kappa shape index (κ3) is 3.08. The van der Waals surface area contributed by atoms with Gasteiger partial charge >= 0.3 is 0 Å². The number of nitrogens with zero attached hydrogens (tertiary/aromatic N) is 5. The zero-order valence-electron chi connectivity index (χ0n) is 12.5. The monoisotopic (exact) mass is 357 g/mol. The quantitative estimate of drug-likeness (QED) is 0.493. The van der Waals surface area contributed by atoms with Crippen LogP contribution >= 0.6 is 23.1 Å². The molecule has 120 valence electrons. The van der Waals surface area contributed by atoms with Gasteiger partial charge in [-0.05, 0) is 30.5 Å². The third-order valence-electron chi connectivity index (χ3n) is 3.11. The van der Waals surface area contributed by atoms with E-state index < -0.39 is 0 Å². The van der Waals surface area contributed by atoms with Crippen molar-refractivity contribution in [1.29, 1.82) is 0 Å². The van der Waals surface area contributed by atoms with Crippen LogP contribution in [0.25, 0.3) is 22.2 Å². The minimum atomic E-state index is -0.103. The van der Waals surface area contributed by atoms with E-state index in [1.165, 1.54) is 11.8 Å². The summed E-state index contributed by atoms with van der Waals surface area (Å²) in [5.74, 6) is 1.47. The Morgan fingerprint density at radius 3 is 2.75 bits per heavy atom. The Balaban J connectivity index is 1.49. The highest BCUT2D eigenvalue weighted by atomic mass is 32.2. The summed E-state index contributed by atoms with van der Waals surface area (Å²) in [5, 5.41) is 18.6. The largest absolute Gasteiger partial charge is 0.419 e. The maximum Gasteiger partial charge on any atom is 0.277 e. The summed E-state index contributed by atoms with van der Waals surface area (Å²) in [5.41, 5.74) is 0.780. The van der Waals surface area contributed by atoms with Crippen LogP contribution in [0.5, 0.6) is 0 Å². The first-order valence-corrected chi connectivity index (χ1v) is 8.83. The Bertz CT molecular complexity index is 920. The Morgan fingerprint density at radius 1 is 1.04 bits per heavy atom. The predicted octanol–water partition coefficient (Wildman–Crippen LogP) is 4.10. The normalized spacial score (nSPS) is 12.4. The second-order valence-electron chi connectivity index (χ2n) is 4.80. The van der Waals surface area contributed by atoms with E-state index in [2.05, 4.69) is 25.4 Å². The lowest BCUT2D eigenvalue weighted by molar-refractivity contribution is 0.461. The molecule has 9 heteroatoms. The van der Waals surface area contributed by atoms with Crippen LogP contribution in [0.1, 0.15) is 18.1 Å². The van der Waals surface area contributed by atoms with Crippen molar-refractivity contribution in [1.82, 2.24) is 25.4 Å². The highest BCUT2D eigenvalue weighted by molar-refractivity contribution is 7.99. The van der Waals surface area contributed by atoms with Gasteiger partial charge in [0.05, 0.1) is 15.7 Å². The minimum Gasteiger partial charge on any atom is -0.419 e. The van der Waals surface area contributed by atoms with Crippen LogP contribution in [0.2, 0.25) is 0 Å². The molecule has 4 aromatic heterocycles. The SMILES string of the molecule is CC(Sc1nnc(-c2cccnc2)o1)c1nnc(-c2cccs2)o1. The van der Waals surface area contributed by atoms with Gasteiger partial charge in [0.15, 0.2) is 0 Å². The molecule has 24 heavy (non-hydrogen) atoms. The number of rotatable bonds is 5. The molecule has 0 aromatic carbocycles. The van der Waals surface area contributed by atoms with Gasteiger partial charge in [0, 0.05) is 12.4 Å². The van der Waals surface area contributed by atoms with Crippen molar-refractivity contribution in [3.8, 4) is 22.2 Å². The Hall–Kier alpha value is -2.52. The molecule has 0 aliphatic heterocycles. The van der Waals surface area contributed by atoms with Gasteiger partial charge in [-0.2, -0.15) is 0 Å². The van der Waals surface area contributed by atoms with Crippen molar-refractivity contribution < 1.29 is 8.83 Å². The van der Waals surface area contributed by atoms with Gasteiger partial charge in [-0.25, -0.2) is 0 Å². The molecule has 0 fully saturated rings. The standard InChI is InChI=1S/C15H11N5O2S2/c1-9(12-17-19-14(21-12)11-5-3-7-23-11)24-15-20-18-13(22-15)10-4-2-6-16-8-10/h2-9H,1H3. The summed E-state index contributed by atoms with van der Waals surface area (Å²) in [6.07, 6.45) is 3.37. The van der Waals surface area contributed by atoms with Crippen LogP contribution in [0.4, 0.5) is 0 Å². The van der Waals surface area contributed by atoms with Crippen molar-refractivity contribution >= 4 is 23.1 Å². The molecule has 0 bridgehead atoms. The zero-order chi connectivity index (χ0) is 16.4. The predicted molar refractivity (Wildman–Crippen MR) is 89.4 cm³/mol. The molecule has 0 spiro atoms. The molecule has 0 aliphatic carbocycles. The fourth-order valence-corrected chi connectivity index (χ4v) is 3.32. The van der Waals surface area contributed by atoms with Crippen molar-refractivity contribution in [2.45, 2.75) is 17.4 Å². The van der Waals surface area contributed by atoms with E-state index in [0.29, 0.717) is 22.9 Å². The smallest absolute Gasteiger partial charge is 0.277 e. The van der Waals surface area contributed by atoms with Crippen molar-refractivity contribution in [2.75, 3.05) is 0 Å². The first kappa shape index (κ1) is 15.0. The van der Waals surface area contributed by atoms with E-state index >= 15 is 0 Å². The molecule has 0 radical (unpaired) electrons. The van der Waals surface area contributed by atoms with Crippen molar-refractivity contribution in [3.63, 3.8) is 0 Å². The van der Waals surface area contributed by atoms with E-state index in [1.54, 1.807) is 23.7 Å². The molecule has 4 aromatic rings.